The van der Waals surface area contributed by atoms with E-state index in [0.29, 0.717) is 5.92 Å². The molecule has 2 aromatic heterocycles. The average molecular weight is 368 g/mol. The fraction of sp³-hybridized carbons (Fsp3) is 0.429. The van der Waals surface area contributed by atoms with Gasteiger partial charge >= 0.3 is 0 Å². The molecule has 136 valence electrons. The van der Waals surface area contributed by atoms with Gasteiger partial charge in [0.05, 0.1) is 11.4 Å². The Labute approximate surface area is 157 Å². The SMILES string of the molecule is Cc1ccc(CN[C@@H](C)c2nc3sc4c(c3c(=O)[nH]2)CC[C@@H](C)C4)cc1. The van der Waals surface area contributed by atoms with E-state index in [9.17, 15) is 4.79 Å². The van der Waals surface area contributed by atoms with Crippen LogP contribution >= 0.6 is 11.3 Å². The Bertz CT molecular complexity index is 987. The highest BCUT2D eigenvalue weighted by Crippen LogP contribution is 2.35. The van der Waals surface area contributed by atoms with Crippen molar-refractivity contribution >= 4 is 21.6 Å². The summed E-state index contributed by atoms with van der Waals surface area (Å²) >= 11 is 1.71. The number of nitrogens with one attached hydrogen (secondary N) is 2. The van der Waals surface area contributed by atoms with Crippen molar-refractivity contribution in [2.45, 2.75) is 52.6 Å². The molecule has 4 rings (SSSR count). The monoisotopic (exact) mass is 367 g/mol. The Hall–Kier alpha value is -1.98. The fourth-order valence-electron chi connectivity index (χ4n) is 3.64. The third kappa shape index (κ3) is 3.33. The molecule has 0 radical (unpaired) electrons. The van der Waals surface area contributed by atoms with Gasteiger partial charge in [-0.2, -0.15) is 0 Å². The lowest BCUT2D eigenvalue weighted by Gasteiger charge is -2.17. The Balaban J connectivity index is 1.58. The predicted octanol–water partition coefficient (Wildman–Crippen LogP) is 4.27. The molecule has 1 aliphatic rings. The van der Waals surface area contributed by atoms with Crippen LogP contribution < -0.4 is 10.9 Å². The van der Waals surface area contributed by atoms with Crippen molar-refractivity contribution in [1.82, 2.24) is 15.3 Å². The van der Waals surface area contributed by atoms with Crippen LogP contribution in [0.4, 0.5) is 0 Å². The number of hydrogen-bond donors (Lipinski definition) is 2. The van der Waals surface area contributed by atoms with Gasteiger partial charge in [-0.1, -0.05) is 36.8 Å². The highest BCUT2D eigenvalue weighted by molar-refractivity contribution is 7.18. The van der Waals surface area contributed by atoms with Gasteiger partial charge < -0.3 is 10.3 Å². The number of aryl methyl sites for hydroxylation is 2. The Morgan fingerprint density at radius 1 is 1.35 bits per heavy atom. The van der Waals surface area contributed by atoms with E-state index >= 15 is 0 Å². The molecule has 0 fully saturated rings. The van der Waals surface area contributed by atoms with E-state index in [1.165, 1.54) is 21.6 Å². The van der Waals surface area contributed by atoms with Crippen LogP contribution in [0.5, 0.6) is 0 Å². The van der Waals surface area contributed by atoms with Gasteiger partial charge in [0.15, 0.2) is 0 Å². The maximum atomic E-state index is 12.7. The van der Waals surface area contributed by atoms with Crippen LogP contribution in [-0.2, 0) is 19.4 Å². The summed E-state index contributed by atoms with van der Waals surface area (Å²) in [6, 6.07) is 8.48. The lowest BCUT2D eigenvalue weighted by molar-refractivity contribution is 0.509. The van der Waals surface area contributed by atoms with Gasteiger partial charge in [0.25, 0.3) is 5.56 Å². The van der Waals surface area contributed by atoms with Crippen molar-refractivity contribution in [3.8, 4) is 0 Å². The summed E-state index contributed by atoms with van der Waals surface area (Å²) in [6.45, 7) is 7.17. The third-order valence-electron chi connectivity index (χ3n) is 5.33. The number of aromatic nitrogens is 2. The number of rotatable bonds is 4. The highest BCUT2D eigenvalue weighted by atomic mass is 32.1. The van der Waals surface area contributed by atoms with Gasteiger partial charge in [-0.3, -0.25) is 4.79 Å². The third-order valence-corrected chi connectivity index (χ3v) is 6.48. The highest BCUT2D eigenvalue weighted by Gasteiger charge is 2.23. The van der Waals surface area contributed by atoms with Crippen LogP contribution in [0.1, 0.15) is 53.7 Å². The first-order valence-electron chi connectivity index (χ1n) is 9.34. The summed E-state index contributed by atoms with van der Waals surface area (Å²) in [7, 11) is 0. The zero-order valence-electron chi connectivity index (χ0n) is 15.6. The number of H-pyrrole nitrogens is 1. The zero-order chi connectivity index (χ0) is 18.3. The Morgan fingerprint density at radius 2 is 2.12 bits per heavy atom. The molecule has 1 aromatic carbocycles. The molecule has 0 amide bonds. The molecule has 0 spiro atoms. The first kappa shape index (κ1) is 17.4. The normalized spacial score (nSPS) is 18.0. The number of hydrogen-bond acceptors (Lipinski definition) is 4. The summed E-state index contributed by atoms with van der Waals surface area (Å²) in [6.07, 6.45) is 3.24. The van der Waals surface area contributed by atoms with E-state index in [1.807, 2.05) is 6.92 Å². The second-order valence-electron chi connectivity index (χ2n) is 7.57. The Kier molecular flexibility index (Phi) is 4.67. The lowest BCUT2D eigenvalue weighted by atomic mass is 9.89. The van der Waals surface area contributed by atoms with Gasteiger partial charge in [-0.25, -0.2) is 4.98 Å². The van der Waals surface area contributed by atoms with E-state index in [0.717, 1.165) is 41.8 Å². The number of fused-ring (bicyclic) bond motifs is 3. The first-order valence-corrected chi connectivity index (χ1v) is 10.2. The molecule has 26 heavy (non-hydrogen) atoms. The maximum absolute atomic E-state index is 12.7. The summed E-state index contributed by atoms with van der Waals surface area (Å²) in [4.78, 5) is 22.8. The van der Waals surface area contributed by atoms with Gasteiger partial charge in [0.2, 0.25) is 0 Å². The van der Waals surface area contributed by atoms with Crippen molar-refractivity contribution in [1.29, 1.82) is 0 Å². The van der Waals surface area contributed by atoms with Crippen molar-refractivity contribution in [2.75, 3.05) is 0 Å². The summed E-state index contributed by atoms with van der Waals surface area (Å²) in [5, 5.41) is 4.29. The number of aromatic amines is 1. The number of benzene rings is 1. The molecular formula is C21H25N3OS. The summed E-state index contributed by atoms with van der Waals surface area (Å²) < 4.78 is 0. The molecular weight excluding hydrogens is 342 g/mol. The molecule has 5 heteroatoms. The molecule has 1 aliphatic carbocycles. The van der Waals surface area contributed by atoms with Crippen molar-refractivity contribution < 1.29 is 0 Å². The minimum atomic E-state index is -0.00791. The predicted molar refractivity (Wildman–Crippen MR) is 108 cm³/mol. The van der Waals surface area contributed by atoms with Crippen molar-refractivity contribution in [3.05, 3.63) is 62.0 Å². The van der Waals surface area contributed by atoms with E-state index in [4.69, 9.17) is 4.98 Å². The topological polar surface area (TPSA) is 57.8 Å². The van der Waals surface area contributed by atoms with Crippen LogP contribution in [0.2, 0.25) is 0 Å². The fourth-order valence-corrected chi connectivity index (χ4v) is 5.03. The zero-order valence-corrected chi connectivity index (χ0v) is 16.4. The molecule has 0 bridgehead atoms. The largest absolute Gasteiger partial charge is 0.309 e. The number of nitrogens with zero attached hydrogens (tertiary/aromatic N) is 1. The van der Waals surface area contributed by atoms with Gasteiger partial charge in [-0.05, 0) is 50.2 Å². The van der Waals surface area contributed by atoms with Gasteiger partial charge in [0.1, 0.15) is 10.7 Å². The standard InChI is InChI=1S/C21H25N3OS/c1-12-4-7-15(8-5-12)11-22-14(3)19-23-20(25)18-16-9-6-13(2)10-17(16)26-21(18)24-19/h4-5,7-8,13-14,22H,6,9-11H2,1-3H3,(H,23,24,25)/t13-,14+/m1/s1. The van der Waals surface area contributed by atoms with E-state index in [1.54, 1.807) is 11.3 Å². The van der Waals surface area contributed by atoms with Crippen molar-refractivity contribution in [3.63, 3.8) is 0 Å². The Morgan fingerprint density at radius 3 is 2.88 bits per heavy atom. The molecule has 0 unspecified atom stereocenters. The van der Waals surface area contributed by atoms with Crippen LogP contribution in [0, 0.1) is 12.8 Å². The molecule has 0 saturated carbocycles. The lowest BCUT2D eigenvalue weighted by Crippen LogP contribution is -2.23. The second kappa shape index (κ2) is 6.97. The minimum Gasteiger partial charge on any atom is -0.309 e. The van der Waals surface area contributed by atoms with Crippen molar-refractivity contribution in [2.24, 2.45) is 5.92 Å². The van der Waals surface area contributed by atoms with Gasteiger partial charge in [0, 0.05) is 11.4 Å². The number of thiophene rings is 1. The maximum Gasteiger partial charge on any atom is 0.259 e. The first-order chi connectivity index (χ1) is 12.5. The van der Waals surface area contributed by atoms with Crippen LogP contribution in [0.15, 0.2) is 29.1 Å². The quantitative estimate of drug-likeness (QED) is 0.724. The molecule has 2 heterocycles. The van der Waals surface area contributed by atoms with Crippen LogP contribution in [-0.4, -0.2) is 9.97 Å². The van der Waals surface area contributed by atoms with Crippen LogP contribution in [0.25, 0.3) is 10.2 Å². The molecule has 2 atom stereocenters. The van der Waals surface area contributed by atoms with Gasteiger partial charge in [-0.15, -0.1) is 11.3 Å². The molecule has 2 N–H and O–H groups in total. The summed E-state index contributed by atoms with van der Waals surface area (Å²) in [5.74, 6) is 1.42. The van der Waals surface area contributed by atoms with E-state index < -0.39 is 0 Å². The smallest absolute Gasteiger partial charge is 0.259 e. The molecule has 4 nitrogen and oxygen atoms in total. The molecule has 0 aliphatic heterocycles. The average Bonchev–Trinajstić information content (AvgIpc) is 2.98. The van der Waals surface area contributed by atoms with Crippen LogP contribution in [0.3, 0.4) is 0 Å². The van der Waals surface area contributed by atoms with E-state index in [-0.39, 0.29) is 11.6 Å². The molecule has 0 saturated heterocycles. The van der Waals surface area contributed by atoms with E-state index in [2.05, 4.69) is 48.4 Å². The summed E-state index contributed by atoms with van der Waals surface area (Å²) in [5.41, 5.74) is 3.74. The minimum absolute atomic E-state index is 0.00791. The molecule has 3 aromatic rings. The second-order valence-corrected chi connectivity index (χ2v) is 8.65.